The third-order valence-electron chi connectivity index (χ3n) is 5.82. The molecule has 2 N–H and O–H groups in total. The van der Waals surface area contributed by atoms with E-state index < -0.39 is 0 Å². The van der Waals surface area contributed by atoms with Crippen LogP contribution in [0.1, 0.15) is 59.7 Å². The Morgan fingerprint density at radius 3 is 2.64 bits per heavy atom. The molecule has 4 rings (SSSR count). The highest BCUT2D eigenvalue weighted by molar-refractivity contribution is 9.11. The van der Waals surface area contributed by atoms with Gasteiger partial charge in [-0.25, -0.2) is 0 Å². The van der Waals surface area contributed by atoms with Gasteiger partial charge in [0.1, 0.15) is 16.9 Å². The predicted octanol–water partition coefficient (Wildman–Crippen LogP) is 6.29. The van der Waals surface area contributed by atoms with E-state index in [-0.39, 0.29) is 17.5 Å². The number of hydrogen-bond acceptors (Lipinski definition) is 4. The summed E-state index contributed by atoms with van der Waals surface area (Å²) in [5.74, 6) is 1.38. The van der Waals surface area contributed by atoms with E-state index >= 15 is 0 Å². The Kier molecular flexibility index (Phi) is 5.30. The Balaban J connectivity index is 1.70. The highest BCUT2D eigenvalue weighted by Crippen LogP contribution is 2.47. The van der Waals surface area contributed by atoms with E-state index in [1.54, 1.807) is 18.4 Å². The molecule has 2 aromatic rings. The maximum absolute atomic E-state index is 13.0. The smallest absolute Gasteiger partial charge is 0.256 e. The van der Waals surface area contributed by atoms with Gasteiger partial charge >= 0.3 is 0 Å². The van der Waals surface area contributed by atoms with E-state index in [1.807, 2.05) is 12.1 Å². The lowest BCUT2D eigenvalue weighted by molar-refractivity contribution is 0.0934. The Hall–Kier alpha value is -1.05. The zero-order valence-electron chi connectivity index (χ0n) is 16.4. The molecular formula is C21H24Br2N2O2S. The first-order valence-corrected chi connectivity index (χ1v) is 11.8. The summed E-state index contributed by atoms with van der Waals surface area (Å²) in [7, 11) is 1.64. The summed E-state index contributed by atoms with van der Waals surface area (Å²) >= 11 is 8.83. The molecule has 0 unspecified atom stereocenters. The van der Waals surface area contributed by atoms with Crippen LogP contribution in [0.4, 0.5) is 5.00 Å². The number of amides is 1. The van der Waals surface area contributed by atoms with E-state index in [0.717, 1.165) is 50.1 Å². The topological polar surface area (TPSA) is 50.4 Å². The second-order valence-corrected chi connectivity index (χ2v) is 11.4. The molecule has 1 aliphatic heterocycles. The summed E-state index contributed by atoms with van der Waals surface area (Å²) in [6.07, 6.45) is 2.85. The standard InChI is InChI=1S/C21H24Br2N2O2S/c1-21(2,3)10-5-6-12-15(7-10)28-20-16(12)19(26)24-18(25-20)13-8-11(22)9-14(23)17(13)27-4/h8-10,18,25H,5-7H2,1-4H3,(H,24,26)/t10-,18+/m0/s1. The second-order valence-electron chi connectivity index (χ2n) is 8.57. The van der Waals surface area contributed by atoms with Gasteiger partial charge in [-0.3, -0.25) is 4.79 Å². The normalized spacial score (nSPS) is 21.4. The van der Waals surface area contributed by atoms with Crippen molar-refractivity contribution in [1.82, 2.24) is 5.32 Å². The van der Waals surface area contributed by atoms with Crippen molar-refractivity contribution in [2.75, 3.05) is 12.4 Å². The molecule has 1 aromatic heterocycles. The molecule has 1 amide bonds. The molecule has 0 radical (unpaired) electrons. The lowest BCUT2D eigenvalue weighted by Gasteiger charge is -2.34. The monoisotopic (exact) mass is 526 g/mol. The number of fused-ring (bicyclic) bond motifs is 3. The average molecular weight is 528 g/mol. The summed E-state index contributed by atoms with van der Waals surface area (Å²) in [4.78, 5) is 14.4. The van der Waals surface area contributed by atoms with E-state index in [1.165, 1.54) is 10.4 Å². The number of hydrogen-bond donors (Lipinski definition) is 2. The van der Waals surface area contributed by atoms with E-state index in [9.17, 15) is 4.79 Å². The van der Waals surface area contributed by atoms with Crippen LogP contribution >= 0.6 is 43.2 Å². The molecule has 28 heavy (non-hydrogen) atoms. The fourth-order valence-electron chi connectivity index (χ4n) is 4.20. The van der Waals surface area contributed by atoms with E-state index in [2.05, 4.69) is 63.3 Å². The third kappa shape index (κ3) is 3.50. The fraction of sp³-hybridized carbons (Fsp3) is 0.476. The van der Waals surface area contributed by atoms with Crippen LogP contribution in [0.2, 0.25) is 0 Å². The lowest BCUT2D eigenvalue weighted by Crippen LogP contribution is -2.38. The molecule has 2 aliphatic rings. The average Bonchev–Trinajstić information content (AvgIpc) is 2.98. The largest absolute Gasteiger partial charge is 0.495 e. The van der Waals surface area contributed by atoms with Crippen LogP contribution in [-0.2, 0) is 12.8 Å². The minimum atomic E-state index is -0.331. The van der Waals surface area contributed by atoms with Crippen LogP contribution in [0.5, 0.6) is 5.75 Å². The molecule has 0 saturated carbocycles. The first-order chi connectivity index (χ1) is 13.2. The summed E-state index contributed by atoms with van der Waals surface area (Å²) in [5.41, 5.74) is 3.26. The van der Waals surface area contributed by atoms with Crippen molar-refractivity contribution in [3.8, 4) is 5.75 Å². The quantitative estimate of drug-likeness (QED) is 0.482. The molecule has 0 fully saturated rings. The van der Waals surface area contributed by atoms with Crippen molar-refractivity contribution in [1.29, 1.82) is 0 Å². The second kappa shape index (κ2) is 7.33. The zero-order chi connectivity index (χ0) is 20.2. The minimum absolute atomic E-state index is 0.00334. The molecular weight excluding hydrogens is 504 g/mol. The summed E-state index contributed by atoms with van der Waals surface area (Å²) in [6, 6.07) is 3.92. The molecule has 1 aromatic carbocycles. The number of carbonyl (C=O) groups is 1. The van der Waals surface area contributed by atoms with Gasteiger partial charge in [-0.1, -0.05) is 36.7 Å². The molecule has 0 bridgehead atoms. The van der Waals surface area contributed by atoms with E-state index in [0.29, 0.717) is 5.92 Å². The van der Waals surface area contributed by atoms with Crippen molar-refractivity contribution < 1.29 is 9.53 Å². The number of thiophene rings is 1. The van der Waals surface area contributed by atoms with Crippen LogP contribution in [0.25, 0.3) is 0 Å². The number of anilines is 1. The van der Waals surface area contributed by atoms with Crippen LogP contribution in [0.15, 0.2) is 21.1 Å². The molecule has 150 valence electrons. The van der Waals surface area contributed by atoms with Crippen molar-refractivity contribution in [3.05, 3.63) is 42.6 Å². The molecule has 7 heteroatoms. The van der Waals surface area contributed by atoms with Crippen LogP contribution < -0.4 is 15.4 Å². The first kappa shape index (κ1) is 20.2. The van der Waals surface area contributed by atoms with Crippen molar-refractivity contribution in [2.45, 2.75) is 46.2 Å². The summed E-state index contributed by atoms with van der Waals surface area (Å²) < 4.78 is 7.36. The molecule has 2 heterocycles. The Morgan fingerprint density at radius 1 is 1.21 bits per heavy atom. The molecule has 0 saturated heterocycles. The Bertz CT molecular complexity index is 949. The van der Waals surface area contributed by atoms with Gasteiger partial charge < -0.3 is 15.4 Å². The van der Waals surface area contributed by atoms with Gasteiger partial charge in [0.2, 0.25) is 0 Å². The number of benzene rings is 1. The maximum Gasteiger partial charge on any atom is 0.256 e. The van der Waals surface area contributed by atoms with Crippen LogP contribution in [-0.4, -0.2) is 13.0 Å². The molecule has 2 atom stereocenters. The third-order valence-corrected chi connectivity index (χ3v) is 8.05. The number of nitrogens with one attached hydrogen (secondary N) is 2. The zero-order valence-corrected chi connectivity index (χ0v) is 20.4. The van der Waals surface area contributed by atoms with Gasteiger partial charge in [-0.05, 0) is 64.2 Å². The number of methoxy groups -OCH3 is 1. The van der Waals surface area contributed by atoms with E-state index in [4.69, 9.17) is 4.74 Å². The van der Waals surface area contributed by atoms with Crippen LogP contribution in [0, 0.1) is 11.3 Å². The fourth-order valence-corrected chi connectivity index (χ4v) is 6.98. The molecule has 0 spiro atoms. The maximum atomic E-state index is 13.0. The van der Waals surface area contributed by atoms with Crippen LogP contribution in [0.3, 0.4) is 0 Å². The summed E-state index contributed by atoms with van der Waals surface area (Å²) in [5, 5.41) is 7.66. The Morgan fingerprint density at radius 2 is 1.96 bits per heavy atom. The van der Waals surface area contributed by atoms with Crippen molar-refractivity contribution in [2.24, 2.45) is 11.3 Å². The first-order valence-electron chi connectivity index (χ1n) is 9.44. The van der Waals surface area contributed by atoms with Crippen molar-refractivity contribution in [3.63, 3.8) is 0 Å². The Labute approximate surface area is 186 Å². The summed E-state index contributed by atoms with van der Waals surface area (Å²) in [6.45, 7) is 6.94. The van der Waals surface area contributed by atoms with Gasteiger partial charge in [-0.15, -0.1) is 11.3 Å². The van der Waals surface area contributed by atoms with Gasteiger partial charge in [0.05, 0.1) is 17.1 Å². The predicted molar refractivity (Wildman–Crippen MR) is 122 cm³/mol. The van der Waals surface area contributed by atoms with Gasteiger partial charge in [0.15, 0.2) is 0 Å². The highest BCUT2D eigenvalue weighted by Gasteiger charge is 2.37. The SMILES string of the molecule is COc1c(Br)cc(Br)cc1[C@@H]1NC(=O)c2c(sc3c2CC[C@H](C(C)(C)C)C3)N1. The lowest BCUT2D eigenvalue weighted by atomic mass is 9.72. The van der Waals surface area contributed by atoms with Gasteiger partial charge in [0.25, 0.3) is 5.91 Å². The van der Waals surface area contributed by atoms with Gasteiger partial charge in [-0.2, -0.15) is 0 Å². The number of rotatable bonds is 2. The number of carbonyl (C=O) groups excluding carboxylic acids is 1. The number of ether oxygens (including phenoxy) is 1. The molecule has 4 nitrogen and oxygen atoms in total. The van der Waals surface area contributed by atoms with Gasteiger partial charge in [0, 0.05) is 14.9 Å². The minimum Gasteiger partial charge on any atom is -0.495 e. The van der Waals surface area contributed by atoms with Crippen molar-refractivity contribution >= 4 is 54.1 Å². The highest BCUT2D eigenvalue weighted by atomic mass is 79.9. The molecule has 1 aliphatic carbocycles. The number of halogens is 2.